The SMILES string of the molecule is COC(=O)Nc1ccc([C@@H](C)CCOC(=O)CNc2ncc(C(C)C)s2)cn1. The van der Waals surface area contributed by atoms with Crippen molar-refractivity contribution in [2.75, 3.05) is 30.9 Å². The molecule has 0 fully saturated rings. The first-order valence-electron chi connectivity index (χ1n) is 9.05. The lowest BCUT2D eigenvalue weighted by atomic mass is 10.0. The largest absolute Gasteiger partial charge is 0.464 e. The minimum atomic E-state index is -0.563. The third-order valence-electron chi connectivity index (χ3n) is 4.06. The fourth-order valence-electron chi connectivity index (χ4n) is 2.28. The highest BCUT2D eigenvalue weighted by Gasteiger charge is 2.11. The standard InChI is InChI=1S/C19H26N4O4S/c1-12(2)15-10-21-18(28-15)22-11-17(24)27-8-7-13(3)14-5-6-16(20-9-14)23-19(25)26-4/h5-6,9-10,12-13H,7-8,11H2,1-4H3,(H,21,22)(H,20,23,25)/t13-/m0/s1. The molecule has 0 saturated carbocycles. The normalized spacial score (nSPS) is 11.8. The zero-order valence-corrected chi connectivity index (χ0v) is 17.3. The molecule has 0 bridgehead atoms. The van der Waals surface area contributed by atoms with Crippen molar-refractivity contribution >= 4 is 34.3 Å². The van der Waals surface area contributed by atoms with Gasteiger partial charge in [0.05, 0.1) is 13.7 Å². The summed E-state index contributed by atoms with van der Waals surface area (Å²) >= 11 is 1.54. The highest BCUT2D eigenvalue weighted by Crippen LogP contribution is 2.25. The second kappa shape index (κ2) is 10.6. The Morgan fingerprint density at radius 3 is 2.57 bits per heavy atom. The number of anilines is 2. The molecule has 8 nitrogen and oxygen atoms in total. The summed E-state index contributed by atoms with van der Waals surface area (Å²) in [5, 5.41) is 6.22. The van der Waals surface area contributed by atoms with E-state index in [9.17, 15) is 9.59 Å². The summed E-state index contributed by atoms with van der Waals surface area (Å²) in [5.74, 6) is 0.682. The highest BCUT2D eigenvalue weighted by atomic mass is 32.1. The van der Waals surface area contributed by atoms with E-state index in [2.05, 4.69) is 39.2 Å². The molecule has 0 spiro atoms. The van der Waals surface area contributed by atoms with Crippen molar-refractivity contribution in [1.29, 1.82) is 0 Å². The molecule has 2 aromatic rings. The van der Waals surface area contributed by atoms with Crippen LogP contribution in [0, 0.1) is 0 Å². The first-order valence-corrected chi connectivity index (χ1v) is 9.86. The van der Waals surface area contributed by atoms with Crippen LogP contribution >= 0.6 is 11.3 Å². The van der Waals surface area contributed by atoms with Gasteiger partial charge in [-0.05, 0) is 29.9 Å². The Kier molecular flexibility index (Phi) is 8.19. The third-order valence-corrected chi connectivity index (χ3v) is 5.32. The molecule has 2 N–H and O–H groups in total. The van der Waals surface area contributed by atoms with Crippen molar-refractivity contribution in [3.8, 4) is 0 Å². The number of thiazole rings is 1. The number of carbonyl (C=O) groups is 2. The lowest BCUT2D eigenvalue weighted by molar-refractivity contribution is -0.141. The first-order chi connectivity index (χ1) is 13.4. The molecule has 2 rings (SSSR count). The number of hydrogen-bond acceptors (Lipinski definition) is 8. The van der Waals surface area contributed by atoms with Gasteiger partial charge in [0, 0.05) is 17.3 Å². The van der Waals surface area contributed by atoms with Gasteiger partial charge in [0.15, 0.2) is 5.13 Å². The molecule has 1 amide bonds. The summed E-state index contributed by atoms with van der Waals surface area (Å²) in [6.07, 6.45) is 3.62. The predicted molar refractivity (Wildman–Crippen MR) is 109 cm³/mol. The molecule has 0 unspecified atom stereocenters. The van der Waals surface area contributed by atoms with E-state index in [-0.39, 0.29) is 18.4 Å². The van der Waals surface area contributed by atoms with Gasteiger partial charge in [-0.25, -0.2) is 14.8 Å². The number of ether oxygens (including phenoxy) is 2. The van der Waals surface area contributed by atoms with Gasteiger partial charge in [-0.2, -0.15) is 0 Å². The van der Waals surface area contributed by atoms with Gasteiger partial charge < -0.3 is 14.8 Å². The average Bonchev–Trinajstić information content (AvgIpc) is 3.16. The molecule has 2 aromatic heterocycles. The van der Waals surface area contributed by atoms with Gasteiger partial charge in [-0.15, -0.1) is 11.3 Å². The van der Waals surface area contributed by atoms with Crippen LogP contribution < -0.4 is 10.6 Å². The average molecular weight is 407 g/mol. The molecule has 1 atom stereocenters. The maximum Gasteiger partial charge on any atom is 0.412 e. The van der Waals surface area contributed by atoms with E-state index in [0.717, 1.165) is 10.7 Å². The Hall–Kier alpha value is -2.68. The maximum absolute atomic E-state index is 11.9. The lowest BCUT2D eigenvalue weighted by Crippen LogP contribution is -2.18. The van der Waals surface area contributed by atoms with Crippen LogP contribution in [0.5, 0.6) is 0 Å². The third kappa shape index (κ3) is 6.80. The molecule has 0 aliphatic carbocycles. The number of rotatable bonds is 9. The maximum atomic E-state index is 11.9. The molecule has 0 aliphatic heterocycles. The molecule has 0 aliphatic rings. The monoisotopic (exact) mass is 406 g/mol. The molecule has 28 heavy (non-hydrogen) atoms. The van der Waals surface area contributed by atoms with Crippen LogP contribution in [0.25, 0.3) is 0 Å². The highest BCUT2D eigenvalue weighted by molar-refractivity contribution is 7.15. The van der Waals surface area contributed by atoms with E-state index < -0.39 is 6.09 Å². The molecular weight excluding hydrogens is 380 g/mol. The molecule has 152 valence electrons. The summed E-state index contributed by atoms with van der Waals surface area (Å²) in [7, 11) is 1.29. The van der Waals surface area contributed by atoms with Crippen LogP contribution in [-0.4, -0.2) is 42.3 Å². The first kappa shape index (κ1) is 21.6. The van der Waals surface area contributed by atoms with E-state index in [0.29, 0.717) is 24.8 Å². The van der Waals surface area contributed by atoms with Crippen LogP contribution in [0.1, 0.15) is 49.5 Å². The van der Waals surface area contributed by atoms with Crippen molar-refractivity contribution < 1.29 is 19.1 Å². The Bertz CT molecular complexity index is 776. The molecular formula is C19H26N4O4S. The zero-order chi connectivity index (χ0) is 20.5. The molecule has 0 saturated heterocycles. The number of aromatic nitrogens is 2. The van der Waals surface area contributed by atoms with Gasteiger partial charge in [0.25, 0.3) is 0 Å². The van der Waals surface area contributed by atoms with Crippen LogP contribution in [0.4, 0.5) is 15.7 Å². The quantitative estimate of drug-likeness (QED) is 0.607. The number of esters is 1. The van der Waals surface area contributed by atoms with Crippen molar-refractivity contribution in [1.82, 2.24) is 9.97 Å². The van der Waals surface area contributed by atoms with Crippen LogP contribution in [-0.2, 0) is 14.3 Å². The van der Waals surface area contributed by atoms with Crippen molar-refractivity contribution in [2.24, 2.45) is 0 Å². The molecule has 2 heterocycles. The molecule has 9 heteroatoms. The Morgan fingerprint density at radius 1 is 1.18 bits per heavy atom. The number of hydrogen-bond donors (Lipinski definition) is 2. The Labute approximate surface area is 168 Å². The predicted octanol–water partition coefficient (Wildman–Crippen LogP) is 3.99. The Balaban J connectivity index is 1.69. The van der Waals surface area contributed by atoms with Crippen LogP contribution in [0.15, 0.2) is 24.5 Å². The minimum absolute atomic E-state index is 0.0921. The number of nitrogens with zero attached hydrogens (tertiary/aromatic N) is 2. The van der Waals surface area contributed by atoms with Gasteiger partial charge in [0.1, 0.15) is 12.4 Å². The topological polar surface area (TPSA) is 102 Å². The smallest absolute Gasteiger partial charge is 0.412 e. The molecule has 0 radical (unpaired) electrons. The number of methoxy groups -OCH3 is 1. The fourth-order valence-corrected chi connectivity index (χ4v) is 3.09. The number of amides is 1. The van der Waals surface area contributed by atoms with Gasteiger partial charge in [-0.3, -0.25) is 10.1 Å². The van der Waals surface area contributed by atoms with Crippen LogP contribution in [0.3, 0.4) is 0 Å². The molecule has 0 aromatic carbocycles. The van der Waals surface area contributed by atoms with Gasteiger partial charge >= 0.3 is 12.1 Å². The van der Waals surface area contributed by atoms with Gasteiger partial charge in [-0.1, -0.05) is 26.8 Å². The van der Waals surface area contributed by atoms with Crippen molar-refractivity contribution in [2.45, 2.75) is 39.0 Å². The number of nitrogens with one attached hydrogen (secondary N) is 2. The Morgan fingerprint density at radius 2 is 1.96 bits per heavy atom. The van der Waals surface area contributed by atoms with Crippen molar-refractivity contribution in [3.63, 3.8) is 0 Å². The van der Waals surface area contributed by atoms with E-state index in [4.69, 9.17) is 4.74 Å². The number of pyridine rings is 1. The van der Waals surface area contributed by atoms with E-state index in [1.54, 1.807) is 23.6 Å². The van der Waals surface area contributed by atoms with Gasteiger partial charge in [0.2, 0.25) is 0 Å². The van der Waals surface area contributed by atoms with Crippen LogP contribution in [0.2, 0.25) is 0 Å². The van der Waals surface area contributed by atoms with Crippen molar-refractivity contribution in [3.05, 3.63) is 35.0 Å². The van der Waals surface area contributed by atoms with E-state index in [1.165, 1.54) is 12.0 Å². The summed E-state index contributed by atoms with van der Waals surface area (Å²) in [6.45, 7) is 6.64. The zero-order valence-electron chi connectivity index (χ0n) is 16.5. The lowest BCUT2D eigenvalue weighted by Gasteiger charge is -2.12. The number of carbonyl (C=O) groups excluding carboxylic acids is 2. The summed E-state index contributed by atoms with van der Waals surface area (Å²) in [4.78, 5) is 32.6. The second-order valence-electron chi connectivity index (χ2n) is 6.58. The fraction of sp³-hybridized carbons (Fsp3) is 0.474. The summed E-state index contributed by atoms with van der Waals surface area (Å²) in [5.41, 5.74) is 0.994. The minimum Gasteiger partial charge on any atom is -0.464 e. The summed E-state index contributed by atoms with van der Waals surface area (Å²) < 4.78 is 9.80. The second-order valence-corrected chi connectivity index (χ2v) is 7.64. The van der Waals surface area contributed by atoms with E-state index in [1.807, 2.05) is 19.2 Å². The van der Waals surface area contributed by atoms with E-state index >= 15 is 0 Å². The summed E-state index contributed by atoms with van der Waals surface area (Å²) in [6, 6.07) is 3.58.